The Morgan fingerprint density at radius 2 is 2.15 bits per heavy atom. The average molecular weight is 381 g/mol. The first-order chi connectivity index (χ1) is 13.1. The van der Waals surface area contributed by atoms with E-state index in [4.69, 9.17) is 0 Å². The lowest BCUT2D eigenvalue weighted by molar-refractivity contribution is 0.0709. The summed E-state index contributed by atoms with van der Waals surface area (Å²) in [5.74, 6) is -0.203. The van der Waals surface area contributed by atoms with Crippen LogP contribution in [0.4, 0.5) is 0 Å². The number of carbonyl (C=O) groups excluding carboxylic acids is 2. The maximum Gasteiger partial charge on any atom is 0.272 e. The zero-order valence-corrected chi connectivity index (χ0v) is 15.7. The second-order valence-electron chi connectivity index (χ2n) is 6.41. The molecule has 138 valence electrons. The molecule has 0 aromatic carbocycles. The van der Waals surface area contributed by atoms with E-state index in [1.165, 1.54) is 11.3 Å². The van der Waals surface area contributed by atoms with Gasteiger partial charge in [0, 0.05) is 12.7 Å². The van der Waals surface area contributed by atoms with Crippen LogP contribution in [0.3, 0.4) is 0 Å². The Morgan fingerprint density at radius 1 is 1.26 bits per heavy atom. The van der Waals surface area contributed by atoms with Crippen molar-refractivity contribution in [3.63, 3.8) is 0 Å². The Labute approximate surface area is 160 Å². The van der Waals surface area contributed by atoms with Crippen molar-refractivity contribution in [2.24, 2.45) is 0 Å². The Bertz CT molecular complexity index is 979. The van der Waals surface area contributed by atoms with E-state index < -0.39 is 0 Å². The van der Waals surface area contributed by atoms with Gasteiger partial charge in [-0.2, -0.15) is 5.10 Å². The first-order valence-corrected chi connectivity index (χ1v) is 9.58. The minimum atomic E-state index is -0.241. The summed E-state index contributed by atoms with van der Waals surface area (Å²) >= 11 is 1.46. The summed E-state index contributed by atoms with van der Waals surface area (Å²) in [7, 11) is 0. The molecule has 2 amide bonds. The minimum absolute atomic E-state index is 0.0381. The van der Waals surface area contributed by atoms with Crippen molar-refractivity contribution in [1.82, 2.24) is 25.0 Å². The van der Waals surface area contributed by atoms with Gasteiger partial charge in [-0.1, -0.05) is 6.07 Å². The molecule has 0 radical (unpaired) electrons. The molecular weight excluding hydrogens is 362 g/mol. The average Bonchev–Trinajstić information content (AvgIpc) is 3.31. The number of carbonyl (C=O) groups is 2. The van der Waals surface area contributed by atoms with E-state index in [1.807, 2.05) is 41.5 Å². The third kappa shape index (κ3) is 3.61. The molecule has 3 aromatic heterocycles. The van der Waals surface area contributed by atoms with E-state index in [9.17, 15) is 9.59 Å². The molecule has 27 heavy (non-hydrogen) atoms. The highest BCUT2D eigenvalue weighted by Crippen LogP contribution is 2.21. The van der Waals surface area contributed by atoms with Crippen molar-refractivity contribution >= 4 is 23.2 Å². The van der Waals surface area contributed by atoms with Gasteiger partial charge in [0.15, 0.2) is 5.69 Å². The number of pyridine rings is 1. The lowest BCUT2D eigenvalue weighted by atomic mass is 10.2. The number of nitrogens with one attached hydrogen (secondary N) is 1. The van der Waals surface area contributed by atoms with Crippen molar-refractivity contribution in [3.05, 3.63) is 69.4 Å². The van der Waals surface area contributed by atoms with Crippen molar-refractivity contribution in [2.75, 3.05) is 6.54 Å². The van der Waals surface area contributed by atoms with Crippen molar-refractivity contribution in [3.8, 4) is 0 Å². The highest BCUT2D eigenvalue weighted by molar-refractivity contribution is 7.12. The number of fused-ring (bicyclic) bond motifs is 1. The van der Waals surface area contributed by atoms with Gasteiger partial charge in [0.05, 0.1) is 35.9 Å². The topological polar surface area (TPSA) is 80.1 Å². The Hall–Kier alpha value is -3.00. The van der Waals surface area contributed by atoms with Gasteiger partial charge in [0.25, 0.3) is 11.8 Å². The van der Waals surface area contributed by atoms with Gasteiger partial charge >= 0.3 is 0 Å². The van der Waals surface area contributed by atoms with Gasteiger partial charge < -0.3 is 10.2 Å². The smallest absolute Gasteiger partial charge is 0.272 e. The molecule has 3 aromatic rings. The van der Waals surface area contributed by atoms with Gasteiger partial charge in [-0.15, -0.1) is 11.3 Å². The van der Waals surface area contributed by atoms with Crippen LogP contribution in [0.5, 0.6) is 0 Å². The molecule has 8 heteroatoms. The number of thiophene rings is 1. The fourth-order valence-electron chi connectivity index (χ4n) is 3.05. The molecule has 0 saturated heterocycles. The molecule has 1 aliphatic rings. The monoisotopic (exact) mass is 381 g/mol. The molecule has 0 saturated carbocycles. The van der Waals surface area contributed by atoms with Gasteiger partial charge in [-0.3, -0.25) is 19.3 Å². The molecular formula is C19H19N5O2S. The molecule has 0 bridgehead atoms. The largest absolute Gasteiger partial charge is 0.345 e. The molecule has 0 spiro atoms. The second-order valence-corrected chi connectivity index (χ2v) is 7.32. The van der Waals surface area contributed by atoms with Crippen molar-refractivity contribution < 1.29 is 9.59 Å². The van der Waals surface area contributed by atoms with Crippen LogP contribution in [0.25, 0.3) is 0 Å². The lowest BCUT2D eigenvalue weighted by Gasteiger charge is -2.27. The zero-order valence-electron chi connectivity index (χ0n) is 14.9. The van der Waals surface area contributed by atoms with E-state index in [2.05, 4.69) is 15.4 Å². The Kier molecular flexibility index (Phi) is 4.72. The minimum Gasteiger partial charge on any atom is -0.345 e. The molecule has 0 unspecified atom stereocenters. The number of nitrogens with zero attached hydrogens (tertiary/aromatic N) is 4. The van der Waals surface area contributed by atoms with E-state index in [0.29, 0.717) is 31.9 Å². The first-order valence-electron chi connectivity index (χ1n) is 8.70. The molecule has 0 atom stereocenters. The molecule has 4 rings (SSSR count). The normalized spacial score (nSPS) is 13.3. The van der Waals surface area contributed by atoms with E-state index in [-0.39, 0.29) is 11.8 Å². The van der Waals surface area contributed by atoms with Crippen LogP contribution in [-0.4, -0.2) is 38.0 Å². The number of rotatable bonds is 4. The number of aromatic nitrogens is 3. The third-order valence-electron chi connectivity index (χ3n) is 4.53. The summed E-state index contributed by atoms with van der Waals surface area (Å²) in [6.07, 6.45) is 1.69. The van der Waals surface area contributed by atoms with Crippen LogP contribution in [0.1, 0.15) is 37.1 Å². The molecule has 0 fully saturated rings. The van der Waals surface area contributed by atoms with Crippen LogP contribution in [0.2, 0.25) is 0 Å². The van der Waals surface area contributed by atoms with Gasteiger partial charge in [0.2, 0.25) is 0 Å². The number of amides is 2. The Morgan fingerprint density at radius 3 is 2.89 bits per heavy atom. The van der Waals surface area contributed by atoms with Crippen LogP contribution in [0, 0.1) is 6.92 Å². The summed E-state index contributed by atoms with van der Waals surface area (Å²) in [4.78, 5) is 31.9. The van der Waals surface area contributed by atoms with Crippen molar-refractivity contribution in [1.29, 1.82) is 0 Å². The summed E-state index contributed by atoms with van der Waals surface area (Å²) in [5.41, 5.74) is 3.02. The highest BCUT2D eigenvalue weighted by atomic mass is 32.1. The molecule has 1 N–H and O–H groups in total. The maximum atomic E-state index is 12.7. The molecule has 1 aliphatic heterocycles. The van der Waals surface area contributed by atoms with E-state index in [0.717, 1.165) is 21.8 Å². The summed E-state index contributed by atoms with van der Waals surface area (Å²) in [6.45, 7) is 3.92. The summed E-state index contributed by atoms with van der Waals surface area (Å²) in [5, 5.41) is 9.15. The van der Waals surface area contributed by atoms with E-state index in [1.54, 1.807) is 16.9 Å². The van der Waals surface area contributed by atoms with Crippen LogP contribution < -0.4 is 5.32 Å². The first kappa shape index (κ1) is 17.4. The van der Waals surface area contributed by atoms with Gasteiger partial charge in [-0.25, -0.2) is 0 Å². The van der Waals surface area contributed by atoms with Crippen LogP contribution >= 0.6 is 11.3 Å². The molecule has 0 aliphatic carbocycles. The highest BCUT2D eigenvalue weighted by Gasteiger charge is 2.26. The number of hydrogen-bond acceptors (Lipinski definition) is 5. The lowest BCUT2D eigenvalue weighted by Crippen LogP contribution is -2.38. The fraction of sp³-hybridized carbons (Fsp3) is 0.263. The molecule has 7 nitrogen and oxygen atoms in total. The summed E-state index contributed by atoms with van der Waals surface area (Å²) < 4.78 is 1.81. The zero-order chi connectivity index (χ0) is 18.8. The second kappa shape index (κ2) is 7.32. The quantitative estimate of drug-likeness (QED) is 0.752. The maximum absolute atomic E-state index is 12.7. The summed E-state index contributed by atoms with van der Waals surface area (Å²) in [6, 6.07) is 9.28. The Balaban J connectivity index is 1.43. The molecule has 4 heterocycles. The third-order valence-corrected chi connectivity index (χ3v) is 5.53. The van der Waals surface area contributed by atoms with Gasteiger partial charge in [-0.05, 0) is 42.1 Å². The predicted octanol–water partition coefficient (Wildman–Crippen LogP) is 2.23. The fourth-order valence-corrected chi connectivity index (χ4v) is 3.94. The standard InChI is InChI=1S/C19H19N5O2S/c1-13-5-9-27-17(13)19(26)23-7-8-24-15(12-23)10-16(22-24)18(25)21-11-14-4-2-3-6-20-14/h2-6,9-10H,7-8,11-12H2,1H3,(H,21,25). The number of aryl methyl sites for hydroxylation is 1. The SMILES string of the molecule is Cc1ccsc1C(=O)N1CCn2nc(C(=O)NCc3ccccn3)cc2C1. The number of hydrogen-bond donors (Lipinski definition) is 1. The van der Waals surface area contributed by atoms with Crippen LogP contribution in [0.15, 0.2) is 41.9 Å². The van der Waals surface area contributed by atoms with E-state index >= 15 is 0 Å². The predicted molar refractivity (Wildman–Crippen MR) is 101 cm³/mol. The van der Waals surface area contributed by atoms with Crippen LogP contribution in [-0.2, 0) is 19.6 Å². The van der Waals surface area contributed by atoms with Gasteiger partial charge in [0.1, 0.15) is 0 Å². The van der Waals surface area contributed by atoms with Crippen molar-refractivity contribution in [2.45, 2.75) is 26.6 Å².